The van der Waals surface area contributed by atoms with Crippen molar-refractivity contribution in [2.24, 2.45) is 11.3 Å². The van der Waals surface area contributed by atoms with Crippen molar-refractivity contribution in [3.63, 3.8) is 0 Å². The Morgan fingerprint density at radius 1 is 1.15 bits per heavy atom. The Morgan fingerprint density at radius 2 is 1.77 bits per heavy atom. The molecule has 0 aromatic heterocycles. The van der Waals surface area contributed by atoms with Crippen LogP contribution in [0.25, 0.3) is 0 Å². The van der Waals surface area contributed by atoms with Crippen LogP contribution in [0, 0.1) is 11.3 Å². The molecule has 0 aromatic carbocycles. The van der Waals surface area contributed by atoms with Crippen LogP contribution in [0.4, 0.5) is 0 Å². The Labute approximate surface area is 171 Å². The highest BCUT2D eigenvalue weighted by Crippen LogP contribution is 2.59. The summed E-state index contributed by atoms with van der Waals surface area (Å²) in [5.41, 5.74) is 0.361. The monoisotopic (exact) mass is 409 g/mol. The first-order chi connectivity index (χ1) is 11.7. The molecule has 1 saturated carbocycles. The number of nitrogens with one attached hydrogen (secondary N) is 1. The van der Waals surface area contributed by atoms with Crippen molar-refractivity contribution < 1.29 is 9.53 Å². The molecule has 1 unspecified atom stereocenters. The number of ether oxygens (including phenoxy) is 1. The number of amides is 1. The summed E-state index contributed by atoms with van der Waals surface area (Å²) < 4.78 is 6.04. The van der Waals surface area contributed by atoms with Gasteiger partial charge in [-0.15, -0.1) is 24.8 Å². The quantitative estimate of drug-likeness (QED) is 0.701. The van der Waals surface area contributed by atoms with Gasteiger partial charge in [-0.3, -0.25) is 4.79 Å². The van der Waals surface area contributed by atoms with E-state index in [1.807, 2.05) is 0 Å². The smallest absolute Gasteiger partial charge is 0.226 e. The predicted molar refractivity (Wildman–Crippen MR) is 110 cm³/mol. The minimum Gasteiger partial charge on any atom is -0.377 e. The molecule has 2 aliphatic heterocycles. The fourth-order valence-electron chi connectivity index (χ4n) is 4.53. The number of carbonyl (C=O) groups excluding carboxylic acids is 1. The zero-order chi connectivity index (χ0) is 17.0. The summed E-state index contributed by atoms with van der Waals surface area (Å²) in [5, 5.41) is 3.42. The highest BCUT2D eigenvalue weighted by Gasteiger charge is 2.58. The number of carbonyl (C=O) groups is 1. The lowest BCUT2D eigenvalue weighted by Gasteiger charge is -2.33. The number of hydrogen-bond acceptors (Lipinski definition) is 4. The van der Waals surface area contributed by atoms with Crippen LogP contribution in [0.5, 0.6) is 0 Å². The summed E-state index contributed by atoms with van der Waals surface area (Å²) in [6, 6.07) is 0. The molecule has 3 aliphatic rings. The van der Waals surface area contributed by atoms with E-state index in [2.05, 4.69) is 29.0 Å². The lowest BCUT2D eigenvalue weighted by molar-refractivity contribution is -0.136. The van der Waals surface area contributed by atoms with Crippen molar-refractivity contribution in [1.82, 2.24) is 15.1 Å². The first-order valence-corrected chi connectivity index (χ1v) is 10.0. The number of likely N-dealkylation sites (tertiary alicyclic amines) is 1. The molecule has 0 aromatic rings. The van der Waals surface area contributed by atoms with E-state index in [1.54, 1.807) is 0 Å². The Morgan fingerprint density at radius 3 is 2.35 bits per heavy atom. The molecule has 1 amide bonds. The van der Waals surface area contributed by atoms with Crippen LogP contribution in [0.2, 0.25) is 0 Å². The topological polar surface area (TPSA) is 44.8 Å². The summed E-state index contributed by atoms with van der Waals surface area (Å²) in [6.45, 7) is 12.4. The molecule has 3 rings (SSSR count). The van der Waals surface area contributed by atoms with Crippen LogP contribution in [-0.2, 0) is 9.53 Å². The van der Waals surface area contributed by atoms with E-state index >= 15 is 0 Å². The number of nitrogens with zero attached hydrogens (tertiary/aromatic N) is 2. The van der Waals surface area contributed by atoms with Gasteiger partial charge in [0.05, 0.1) is 12.7 Å². The molecule has 7 heteroatoms. The molecule has 2 heterocycles. The lowest BCUT2D eigenvalue weighted by atomic mass is 9.91. The van der Waals surface area contributed by atoms with Gasteiger partial charge in [0.25, 0.3) is 0 Å². The van der Waals surface area contributed by atoms with E-state index in [-0.39, 0.29) is 24.8 Å². The van der Waals surface area contributed by atoms with Crippen LogP contribution in [0.3, 0.4) is 0 Å². The Bertz CT molecular complexity index is 421. The van der Waals surface area contributed by atoms with Crippen LogP contribution < -0.4 is 5.32 Å². The maximum Gasteiger partial charge on any atom is 0.226 e. The van der Waals surface area contributed by atoms with E-state index in [0.717, 1.165) is 71.7 Å². The second-order valence-corrected chi connectivity index (χ2v) is 7.79. The molecule has 1 aliphatic carbocycles. The van der Waals surface area contributed by atoms with Gasteiger partial charge in [-0.2, -0.15) is 0 Å². The van der Waals surface area contributed by atoms with Crippen molar-refractivity contribution in [1.29, 1.82) is 0 Å². The van der Waals surface area contributed by atoms with Crippen molar-refractivity contribution in [2.75, 3.05) is 52.4 Å². The molecular formula is C19H37Cl2N3O2. The first-order valence-electron chi connectivity index (χ1n) is 10.0. The third-order valence-electron chi connectivity index (χ3n) is 6.50. The summed E-state index contributed by atoms with van der Waals surface area (Å²) in [4.78, 5) is 17.3. The largest absolute Gasteiger partial charge is 0.377 e. The van der Waals surface area contributed by atoms with Crippen molar-refractivity contribution in [3.05, 3.63) is 0 Å². The Hall–Kier alpha value is -0.0700. The highest BCUT2D eigenvalue weighted by molar-refractivity contribution is 5.85. The molecule has 5 nitrogen and oxygen atoms in total. The van der Waals surface area contributed by atoms with Crippen LogP contribution in [0.1, 0.15) is 46.0 Å². The standard InChI is InChI=1S/C19H35N3O2.2ClH/c1-3-21(4-2)13-14-24-16-5-11-22(12-6-16)18(23)17-15-19(17)7-9-20-10-8-19;;/h16-17,20H,3-15H2,1-2H3;2*1H. The third-order valence-corrected chi connectivity index (χ3v) is 6.50. The summed E-state index contributed by atoms with van der Waals surface area (Å²) in [7, 11) is 0. The van der Waals surface area contributed by atoms with Crippen molar-refractivity contribution in [2.45, 2.75) is 52.1 Å². The maximum atomic E-state index is 12.8. The molecule has 154 valence electrons. The molecule has 0 radical (unpaired) electrons. The number of piperidine rings is 2. The van der Waals surface area contributed by atoms with E-state index in [0.29, 0.717) is 23.3 Å². The second kappa shape index (κ2) is 11.1. The van der Waals surface area contributed by atoms with Gasteiger partial charge in [-0.25, -0.2) is 0 Å². The van der Waals surface area contributed by atoms with Gasteiger partial charge in [0.2, 0.25) is 5.91 Å². The molecule has 26 heavy (non-hydrogen) atoms. The number of hydrogen-bond donors (Lipinski definition) is 1. The molecule has 3 fully saturated rings. The molecule has 1 spiro atoms. The SMILES string of the molecule is CCN(CC)CCOC1CCN(C(=O)C2CC23CCNCC3)CC1.Cl.Cl. The zero-order valence-electron chi connectivity index (χ0n) is 16.4. The number of likely N-dealkylation sites (N-methyl/N-ethyl adjacent to an activating group) is 1. The van der Waals surface area contributed by atoms with Gasteiger partial charge in [-0.1, -0.05) is 13.8 Å². The molecule has 0 bridgehead atoms. The van der Waals surface area contributed by atoms with E-state index < -0.39 is 0 Å². The van der Waals surface area contributed by atoms with E-state index in [9.17, 15) is 4.79 Å². The zero-order valence-corrected chi connectivity index (χ0v) is 18.0. The Balaban J connectivity index is 0.00000169. The van der Waals surface area contributed by atoms with Crippen molar-refractivity contribution >= 4 is 30.7 Å². The van der Waals surface area contributed by atoms with Gasteiger partial charge >= 0.3 is 0 Å². The molecule has 1 N–H and O–H groups in total. The van der Waals surface area contributed by atoms with Gasteiger partial charge < -0.3 is 19.9 Å². The van der Waals surface area contributed by atoms with Gasteiger partial charge in [0.1, 0.15) is 0 Å². The average molecular weight is 410 g/mol. The summed E-state index contributed by atoms with van der Waals surface area (Å²) in [5.74, 6) is 0.748. The minimum absolute atomic E-state index is 0. The normalized spacial score (nSPS) is 24.9. The molecular weight excluding hydrogens is 373 g/mol. The van der Waals surface area contributed by atoms with E-state index in [1.165, 1.54) is 12.8 Å². The fourth-order valence-corrected chi connectivity index (χ4v) is 4.53. The van der Waals surface area contributed by atoms with E-state index in [4.69, 9.17) is 4.74 Å². The predicted octanol–water partition coefficient (Wildman–Crippen LogP) is 2.57. The minimum atomic E-state index is 0. The van der Waals surface area contributed by atoms with Gasteiger partial charge in [-0.05, 0) is 63.7 Å². The third kappa shape index (κ3) is 5.71. The van der Waals surface area contributed by atoms with Crippen LogP contribution in [-0.4, -0.2) is 74.2 Å². The number of halogens is 2. The summed E-state index contributed by atoms with van der Waals surface area (Å²) in [6.07, 6.45) is 5.86. The average Bonchev–Trinajstić information content (AvgIpc) is 3.32. The second-order valence-electron chi connectivity index (χ2n) is 7.79. The maximum absolute atomic E-state index is 12.8. The van der Waals surface area contributed by atoms with Crippen LogP contribution >= 0.6 is 24.8 Å². The lowest BCUT2D eigenvalue weighted by Crippen LogP contribution is -2.43. The fraction of sp³-hybridized carbons (Fsp3) is 0.947. The molecule has 2 saturated heterocycles. The summed E-state index contributed by atoms with van der Waals surface area (Å²) >= 11 is 0. The Kier molecular flexibility index (Phi) is 10.2. The van der Waals surface area contributed by atoms with Crippen molar-refractivity contribution in [3.8, 4) is 0 Å². The van der Waals surface area contributed by atoms with Gasteiger partial charge in [0, 0.05) is 25.6 Å². The van der Waals surface area contributed by atoms with Crippen LogP contribution in [0.15, 0.2) is 0 Å². The highest BCUT2D eigenvalue weighted by atomic mass is 35.5. The number of rotatable bonds is 7. The molecule has 1 atom stereocenters. The first kappa shape index (κ1) is 24.0. The van der Waals surface area contributed by atoms with Gasteiger partial charge in [0.15, 0.2) is 0 Å².